The van der Waals surface area contributed by atoms with Crippen molar-refractivity contribution < 1.29 is 17.9 Å². The number of aryl methyl sites for hydroxylation is 1. The molecule has 0 saturated heterocycles. The largest absolute Gasteiger partial charge is 0.465 e. The van der Waals surface area contributed by atoms with Crippen LogP contribution in [0.2, 0.25) is 0 Å². The Morgan fingerprint density at radius 2 is 2.06 bits per heavy atom. The van der Waals surface area contributed by atoms with Gasteiger partial charge in [0.2, 0.25) is 0 Å². The van der Waals surface area contributed by atoms with Crippen LogP contribution in [0.1, 0.15) is 27.9 Å². The van der Waals surface area contributed by atoms with E-state index >= 15 is 0 Å². The fourth-order valence-corrected chi connectivity index (χ4v) is 3.33. The molecule has 17 heavy (non-hydrogen) atoms. The van der Waals surface area contributed by atoms with E-state index in [2.05, 4.69) is 4.74 Å². The monoisotopic (exact) mass is 274 g/mol. The summed E-state index contributed by atoms with van der Waals surface area (Å²) in [5, 5.41) is 0. The molecule has 0 atom stereocenters. The van der Waals surface area contributed by atoms with Crippen molar-refractivity contribution in [1.29, 1.82) is 0 Å². The van der Waals surface area contributed by atoms with Crippen LogP contribution < -0.4 is 0 Å². The van der Waals surface area contributed by atoms with E-state index in [1.807, 2.05) is 0 Å². The second-order valence-corrected chi connectivity index (χ2v) is 6.43. The van der Waals surface area contributed by atoms with E-state index in [-0.39, 0.29) is 10.5 Å². The van der Waals surface area contributed by atoms with Gasteiger partial charge in [-0.2, -0.15) is 0 Å². The standard InChI is InChI=1S/C11H11ClO4S/c1-16-11(13)8-5-7-3-2-4-9(7)10(6-8)17(12,14)15/h5-6H,2-4H2,1H3. The number of benzene rings is 1. The smallest absolute Gasteiger partial charge is 0.337 e. The molecule has 2 rings (SSSR count). The van der Waals surface area contributed by atoms with Crippen molar-refractivity contribution in [2.75, 3.05) is 7.11 Å². The second-order valence-electron chi connectivity index (χ2n) is 3.90. The topological polar surface area (TPSA) is 60.4 Å². The summed E-state index contributed by atoms with van der Waals surface area (Å²) >= 11 is 0. The highest BCUT2D eigenvalue weighted by molar-refractivity contribution is 8.13. The van der Waals surface area contributed by atoms with Gasteiger partial charge in [-0.1, -0.05) is 0 Å². The van der Waals surface area contributed by atoms with Gasteiger partial charge in [0.25, 0.3) is 9.05 Å². The molecular formula is C11H11ClO4S. The third-order valence-corrected chi connectivity index (χ3v) is 4.25. The Morgan fingerprint density at radius 1 is 1.35 bits per heavy atom. The van der Waals surface area contributed by atoms with Crippen LogP contribution in [0, 0.1) is 0 Å². The molecule has 0 saturated carbocycles. The Hall–Kier alpha value is -1.07. The molecule has 0 N–H and O–H groups in total. The van der Waals surface area contributed by atoms with Crippen molar-refractivity contribution in [3.8, 4) is 0 Å². The van der Waals surface area contributed by atoms with Crippen LogP contribution in [0.3, 0.4) is 0 Å². The van der Waals surface area contributed by atoms with Crippen molar-refractivity contribution in [1.82, 2.24) is 0 Å². The normalized spacial score (nSPS) is 14.5. The first-order chi connectivity index (χ1) is 7.93. The Labute approximate surface area is 104 Å². The van der Waals surface area contributed by atoms with Gasteiger partial charge in [-0.15, -0.1) is 0 Å². The van der Waals surface area contributed by atoms with Gasteiger partial charge in [0.05, 0.1) is 17.6 Å². The highest BCUT2D eigenvalue weighted by Crippen LogP contribution is 2.31. The number of hydrogen-bond donors (Lipinski definition) is 0. The number of fused-ring (bicyclic) bond motifs is 1. The van der Waals surface area contributed by atoms with Gasteiger partial charge in [0.1, 0.15) is 0 Å². The molecule has 92 valence electrons. The third-order valence-electron chi connectivity index (χ3n) is 2.86. The molecule has 0 bridgehead atoms. The van der Waals surface area contributed by atoms with Gasteiger partial charge < -0.3 is 4.74 Å². The van der Waals surface area contributed by atoms with E-state index in [0.717, 1.165) is 24.0 Å². The molecule has 0 aromatic heterocycles. The van der Waals surface area contributed by atoms with Crippen LogP contribution in [-0.2, 0) is 26.6 Å². The first-order valence-electron chi connectivity index (χ1n) is 5.12. The molecule has 0 radical (unpaired) electrons. The minimum absolute atomic E-state index is 0.0366. The second kappa shape index (κ2) is 4.31. The van der Waals surface area contributed by atoms with E-state index in [0.29, 0.717) is 6.42 Å². The zero-order valence-electron chi connectivity index (χ0n) is 9.20. The number of ether oxygens (including phenoxy) is 1. The van der Waals surface area contributed by atoms with Crippen LogP contribution in [0.5, 0.6) is 0 Å². The van der Waals surface area contributed by atoms with E-state index in [1.165, 1.54) is 13.2 Å². The summed E-state index contributed by atoms with van der Waals surface area (Å²) in [7, 11) is 2.81. The first-order valence-corrected chi connectivity index (χ1v) is 7.43. The number of hydrogen-bond acceptors (Lipinski definition) is 4. The van der Waals surface area contributed by atoms with Crippen molar-refractivity contribution in [3.05, 3.63) is 28.8 Å². The fraction of sp³-hybridized carbons (Fsp3) is 0.364. The summed E-state index contributed by atoms with van der Waals surface area (Å²) in [6.07, 6.45) is 2.32. The zero-order valence-corrected chi connectivity index (χ0v) is 10.8. The zero-order chi connectivity index (χ0) is 12.6. The Kier molecular flexibility index (Phi) is 3.14. The van der Waals surface area contributed by atoms with Crippen molar-refractivity contribution >= 4 is 25.7 Å². The lowest BCUT2D eigenvalue weighted by Crippen LogP contribution is -2.06. The summed E-state index contributed by atoms with van der Waals surface area (Å²) < 4.78 is 27.5. The number of esters is 1. The van der Waals surface area contributed by atoms with Crippen LogP contribution in [0.15, 0.2) is 17.0 Å². The summed E-state index contributed by atoms with van der Waals surface area (Å²) in [5.41, 5.74) is 1.83. The molecular weight excluding hydrogens is 264 g/mol. The van der Waals surface area contributed by atoms with Gasteiger partial charge in [-0.25, -0.2) is 13.2 Å². The quantitative estimate of drug-likeness (QED) is 0.610. The van der Waals surface area contributed by atoms with Crippen molar-refractivity contribution in [2.24, 2.45) is 0 Å². The molecule has 0 amide bonds. The van der Waals surface area contributed by atoms with E-state index in [4.69, 9.17) is 10.7 Å². The fourth-order valence-electron chi connectivity index (χ4n) is 2.12. The third kappa shape index (κ3) is 2.30. The summed E-state index contributed by atoms with van der Waals surface area (Å²) in [5.74, 6) is -0.554. The molecule has 1 aromatic rings. The molecule has 0 heterocycles. The minimum atomic E-state index is -3.83. The SMILES string of the molecule is COC(=O)c1cc2c(c(S(=O)(=O)Cl)c1)CCC2. The number of methoxy groups -OCH3 is 1. The molecule has 0 aliphatic heterocycles. The summed E-state index contributed by atoms with van der Waals surface area (Å²) in [6.45, 7) is 0. The maximum Gasteiger partial charge on any atom is 0.337 e. The number of carbonyl (C=O) groups excluding carboxylic acids is 1. The molecule has 4 nitrogen and oxygen atoms in total. The molecule has 1 aromatic carbocycles. The minimum Gasteiger partial charge on any atom is -0.465 e. The highest BCUT2D eigenvalue weighted by atomic mass is 35.7. The predicted octanol–water partition coefficient (Wildman–Crippen LogP) is 1.89. The first kappa shape index (κ1) is 12.4. The molecule has 1 aliphatic carbocycles. The lowest BCUT2D eigenvalue weighted by Gasteiger charge is -2.08. The van der Waals surface area contributed by atoms with Gasteiger partial charge >= 0.3 is 5.97 Å². The van der Waals surface area contributed by atoms with E-state index in [1.54, 1.807) is 6.07 Å². The summed E-state index contributed by atoms with van der Waals surface area (Å²) in [6, 6.07) is 2.97. The van der Waals surface area contributed by atoms with Crippen molar-refractivity contribution in [2.45, 2.75) is 24.2 Å². The Morgan fingerprint density at radius 3 is 2.65 bits per heavy atom. The van der Waals surface area contributed by atoms with Crippen LogP contribution >= 0.6 is 10.7 Å². The average Bonchev–Trinajstić information content (AvgIpc) is 2.72. The van der Waals surface area contributed by atoms with Gasteiger partial charge in [0, 0.05) is 10.7 Å². The maximum atomic E-state index is 11.5. The predicted molar refractivity (Wildman–Crippen MR) is 62.8 cm³/mol. The summed E-state index contributed by atoms with van der Waals surface area (Å²) in [4.78, 5) is 11.5. The maximum absolute atomic E-state index is 11.5. The molecule has 6 heteroatoms. The van der Waals surface area contributed by atoms with Crippen molar-refractivity contribution in [3.63, 3.8) is 0 Å². The molecule has 0 fully saturated rings. The van der Waals surface area contributed by atoms with Gasteiger partial charge in [-0.3, -0.25) is 0 Å². The lowest BCUT2D eigenvalue weighted by molar-refractivity contribution is 0.0600. The highest BCUT2D eigenvalue weighted by Gasteiger charge is 2.24. The number of halogens is 1. The molecule has 1 aliphatic rings. The Bertz CT molecular complexity index is 577. The molecule has 0 spiro atoms. The number of carbonyl (C=O) groups is 1. The van der Waals surface area contributed by atoms with E-state index in [9.17, 15) is 13.2 Å². The average molecular weight is 275 g/mol. The lowest BCUT2D eigenvalue weighted by atomic mass is 10.1. The van der Waals surface area contributed by atoms with Gasteiger partial charge in [0.15, 0.2) is 0 Å². The van der Waals surface area contributed by atoms with E-state index < -0.39 is 15.0 Å². The van der Waals surface area contributed by atoms with Gasteiger partial charge in [-0.05, 0) is 42.5 Å². The number of rotatable bonds is 2. The molecule has 0 unspecified atom stereocenters. The van der Waals surface area contributed by atoms with Crippen LogP contribution in [0.25, 0.3) is 0 Å². The van der Waals surface area contributed by atoms with Crippen LogP contribution in [-0.4, -0.2) is 21.5 Å². The van der Waals surface area contributed by atoms with Crippen LogP contribution in [0.4, 0.5) is 0 Å². The Balaban J connectivity index is 2.66.